The van der Waals surface area contributed by atoms with Gasteiger partial charge in [0, 0.05) is 12.1 Å². The van der Waals surface area contributed by atoms with Crippen LogP contribution in [-0.2, 0) is 4.79 Å². The Hall–Kier alpha value is -2.55. The summed E-state index contributed by atoms with van der Waals surface area (Å²) >= 11 is 0. The number of hydrogen-bond donors (Lipinski definition) is 3. The van der Waals surface area contributed by atoms with E-state index < -0.39 is 46.5 Å². The topological polar surface area (TPSA) is 130 Å². The van der Waals surface area contributed by atoms with Crippen molar-refractivity contribution in [2.75, 3.05) is 6.61 Å². The Kier molecular flexibility index (Phi) is 4.70. The molecular weight excluding hydrogens is 275 g/mol. The van der Waals surface area contributed by atoms with Crippen molar-refractivity contribution in [3.63, 3.8) is 0 Å². The highest BCUT2D eigenvalue weighted by Crippen LogP contribution is 2.21. The molecule has 1 atom stereocenters. The van der Waals surface area contributed by atoms with Gasteiger partial charge in [-0.15, -0.1) is 0 Å². The average Bonchev–Trinajstić information content (AvgIpc) is 2.37. The van der Waals surface area contributed by atoms with E-state index in [4.69, 9.17) is 10.2 Å². The van der Waals surface area contributed by atoms with Gasteiger partial charge in [-0.05, 0) is 12.5 Å². The average molecular weight is 286 g/mol. The Morgan fingerprint density at radius 2 is 2.10 bits per heavy atom. The molecule has 20 heavy (non-hydrogen) atoms. The molecule has 0 aliphatic rings. The fraction of sp³-hybridized carbons (Fsp3) is 0.273. The zero-order chi connectivity index (χ0) is 15.4. The quantitative estimate of drug-likeness (QED) is 0.524. The third-order valence-corrected chi connectivity index (χ3v) is 2.48. The monoisotopic (exact) mass is 286 g/mol. The van der Waals surface area contributed by atoms with Crippen LogP contribution in [0.25, 0.3) is 0 Å². The normalized spacial score (nSPS) is 11.8. The number of nitrogens with zero attached hydrogens (tertiary/aromatic N) is 1. The maximum atomic E-state index is 13.8. The molecule has 0 spiro atoms. The highest BCUT2D eigenvalue weighted by molar-refractivity contribution is 5.97. The van der Waals surface area contributed by atoms with Crippen LogP contribution in [0.15, 0.2) is 12.1 Å². The number of aliphatic hydroxyl groups is 1. The number of carboxylic acid groups (broad SMARTS) is 1. The van der Waals surface area contributed by atoms with Crippen LogP contribution >= 0.6 is 0 Å². The van der Waals surface area contributed by atoms with E-state index in [1.165, 1.54) is 6.92 Å². The number of aryl methyl sites for hydroxylation is 1. The smallest absolute Gasteiger partial charge is 0.328 e. The second-order valence-electron chi connectivity index (χ2n) is 3.93. The van der Waals surface area contributed by atoms with E-state index in [0.29, 0.717) is 6.07 Å². The lowest BCUT2D eigenvalue weighted by atomic mass is 10.1. The van der Waals surface area contributed by atoms with Crippen molar-refractivity contribution in [3.8, 4) is 0 Å². The van der Waals surface area contributed by atoms with Gasteiger partial charge in [-0.1, -0.05) is 0 Å². The van der Waals surface area contributed by atoms with Gasteiger partial charge in [0.05, 0.1) is 17.1 Å². The number of carbonyl (C=O) groups excluding carboxylic acids is 1. The number of halogens is 1. The first-order valence-electron chi connectivity index (χ1n) is 5.37. The number of carbonyl (C=O) groups is 2. The summed E-state index contributed by atoms with van der Waals surface area (Å²) in [6, 6.07) is 0.0299. The van der Waals surface area contributed by atoms with E-state index >= 15 is 0 Å². The lowest BCUT2D eigenvalue weighted by Gasteiger charge is -2.12. The lowest BCUT2D eigenvalue weighted by molar-refractivity contribution is -0.385. The maximum absolute atomic E-state index is 13.8. The fourth-order valence-electron chi connectivity index (χ4n) is 1.44. The van der Waals surface area contributed by atoms with Crippen LogP contribution in [0.2, 0.25) is 0 Å². The van der Waals surface area contributed by atoms with Crippen molar-refractivity contribution < 1.29 is 29.1 Å². The summed E-state index contributed by atoms with van der Waals surface area (Å²) in [5.74, 6) is -3.66. The number of non-ortho nitro benzene ring substituents is 1. The SMILES string of the molecule is Cc1cc([N+](=O)[O-])cc(C(=O)N[C@@H](CO)C(=O)O)c1F. The highest BCUT2D eigenvalue weighted by Gasteiger charge is 2.24. The third kappa shape index (κ3) is 3.26. The number of amides is 1. The second kappa shape index (κ2) is 6.06. The summed E-state index contributed by atoms with van der Waals surface area (Å²) in [6.07, 6.45) is 0. The first kappa shape index (κ1) is 15.5. The van der Waals surface area contributed by atoms with Crippen molar-refractivity contribution in [1.82, 2.24) is 5.32 Å². The molecule has 0 fully saturated rings. The Labute approximate surface area is 112 Å². The molecule has 0 aliphatic heterocycles. The molecule has 0 unspecified atom stereocenters. The summed E-state index contributed by atoms with van der Waals surface area (Å²) in [5, 5.41) is 29.9. The van der Waals surface area contributed by atoms with E-state index in [2.05, 4.69) is 0 Å². The minimum Gasteiger partial charge on any atom is -0.480 e. The molecule has 0 saturated heterocycles. The largest absolute Gasteiger partial charge is 0.480 e. The highest BCUT2D eigenvalue weighted by atomic mass is 19.1. The first-order chi connectivity index (χ1) is 9.27. The van der Waals surface area contributed by atoms with Gasteiger partial charge in [-0.2, -0.15) is 0 Å². The summed E-state index contributed by atoms with van der Waals surface area (Å²) in [5.41, 5.74) is -1.28. The molecule has 1 amide bonds. The van der Waals surface area contributed by atoms with Crippen LogP contribution in [0.3, 0.4) is 0 Å². The van der Waals surface area contributed by atoms with E-state index in [-0.39, 0.29) is 5.56 Å². The van der Waals surface area contributed by atoms with Gasteiger partial charge in [0.25, 0.3) is 11.6 Å². The predicted octanol–water partition coefficient (Wildman–Crippen LogP) is 0.218. The van der Waals surface area contributed by atoms with E-state index in [9.17, 15) is 24.1 Å². The summed E-state index contributed by atoms with van der Waals surface area (Å²) in [4.78, 5) is 32.2. The second-order valence-corrected chi connectivity index (χ2v) is 3.93. The Bertz CT molecular complexity index is 574. The molecule has 0 aliphatic carbocycles. The fourth-order valence-corrected chi connectivity index (χ4v) is 1.44. The van der Waals surface area contributed by atoms with E-state index in [0.717, 1.165) is 6.07 Å². The molecule has 1 rings (SSSR count). The van der Waals surface area contributed by atoms with Crippen LogP contribution in [0.4, 0.5) is 10.1 Å². The zero-order valence-corrected chi connectivity index (χ0v) is 10.3. The number of nitro groups is 1. The lowest BCUT2D eigenvalue weighted by Crippen LogP contribution is -2.43. The van der Waals surface area contributed by atoms with Crippen molar-refractivity contribution in [3.05, 3.63) is 39.2 Å². The first-order valence-corrected chi connectivity index (χ1v) is 5.37. The van der Waals surface area contributed by atoms with Crippen LogP contribution in [-0.4, -0.2) is 39.7 Å². The van der Waals surface area contributed by atoms with Crippen LogP contribution < -0.4 is 5.32 Å². The minimum atomic E-state index is -1.62. The number of nitro benzene ring substituents is 1. The Morgan fingerprint density at radius 3 is 2.55 bits per heavy atom. The van der Waals surface area contributed by atoms with Gasteiger partial charge in [-0.25, -0.2) is 9.18 Å². The third-order valence-electron chi connectivity index (χ3n) is 2.48. The number of carboxylic acids is 1. The predicted molar refractivity (Wildman–Crippen MR) is 63.8 cm³/mol. The Balaban J connectivity index is 3.15. The molecular formula is C11H11FN2O6. The van der Waals surface area contributed by atoms with Crippen molar-refractivity contribution >= 4 is 17.6 Å². The molecule has 1 aromatic carbocycles. The summed E-state index contributed by atoms with van der Waals surface area (Å²) in [6.45, 7) is 0.344. The molecule has 0 heterocycles. The molecule has 1 aromatic rings. The Morgan fingerprint density at radius 1 is 1.50 bits per heavy atom. The minimum absolute atomic E-state index is 0.125. The van der Waals surface area contributed by atoms with Gasteiger partial charge in [0.2, 0.25) is 0 Å². The molecule has 0 saturated carbocycles. The van der Waals surface area contributed by atoms with Crippen LogP contribution in [0.5, 0.6) is 0 Å². The summed E-state index contributed by atoms with van der Waals surface area (Å²) < 4.78 is 13.8. The summed E-state index contributed by atoms with van der Waals surface area (Å²) in [7, 11) is 0. The number of aliphatic hydroxyl groups excluding tert-OH is 1. The van der Waals surface area contributed by atoms with Gasteiger partial charge in [-0.3, -0.25) is 14.9 Å². The van der Waals surface area contributed by atoms with E-state index in [1.54, 1.807) is 0 Å². The van der Waals surface area contributed by atoms with Gasteiger partial charge >= 0.3 is 5.97 Å². The number of nitrogens with one attached hydrogen (secondary N) is 1. The van der Waals surface area contributed by atoms with Crippen molar-refractivity contribution in [2.45, 2.75) is 13.0 Å². The molecule has 0 aromatic heterocycles. The van der Waals surface area contributed by atoms with E-state index in [1.807, 2.05) is 5.32 Å². The number of benzene rings is 1. The molecule has 108 valence electrons. The molecule has 3 N–H and O–H groups in total. The van der Waals surface area contributed by atoms with Crippen molar-refractivity contribution in [1.29, 1.82) is 0 Å². The van der Waals surface area contributed by atoms with Gasteiger partial charge in [0.1, 0.15) is 5.82 Å². The standard InChI is InChI=1S/C11H11FN2O6/c1-5-2-6(14(19)20)3-7(9(5)12)10(16)13-8(4-15)11(17)18/h2-3,8,15H,4H2,1H3,(H,13,16)(H,17,18)/t8-/m0/s1. The molecule has 9 heteroatoms. The molecule has 0 bridgehead atoms. The molecule has 0 radical (unpaired) electrons. The zero-order valence-electron chi connectivity index (χ0n) is 10.3. The number of rotatable bonds is 5. The van der Waals surface area contributed by atoms with Crippen LogP contribution in [0, 0.1) is 22.9 Å². The number of hydrogen-bond acceptors (Lipinski definition) is 5. The van der Waals surface area contributed by atoms with Gasteiger partial charge in [0.15, 0.2) is 6.04 Å². The van der Waals surface area contributed by atoms with Gasteiger partial charge < -0.3 is 15.5 Å². The number of aliphatic carboxylic acids is 1. The van der Waals surface area contributed by atoms with Crippen molar-refractivity contribution in [2.24, 2.45) is 0 Å². The maximum Gasteiger partial charge on any atom is 0.328 e. The molecule has 8 nitrogen and oxygen atoms in total. The van der Waals surface area contributed by atoms with Crippen LogP contribution in [0.1, 0.15) is 15.9 Å².